The van der Waals surface area contributed by atoms with E-state index in [2.05, 4.69) is 10.6 Å². The summed E-state index contributed by atoms with van der Waals surface area (Å²) >= 11 is 0. The number of carboxylic acid groups (broad SMARTS) is 2. The molecule has 10 nitrogen and oxygen atoms in total. The molecule has 0 radical (unpaired) electrons. The molecule has 170 valence electrons. The van der Waals surface area contributed by atoms with Gasteiger partial charge in [0.05, 0.1) is 37.1 Å². The summed E-state index contributed by atoms with van der Waals surface area (Å²) in [6, 6.07) is 9.39. The molecule has 0 aliphatic heterocycles. The van der Waals surface area contributed by atoms with Crippen molar-refractivity contribution in [3.8, 4) is 11.5 Å². The molecule has 0 aromatic heterocycles. The Morgan fingerprint density at radius 2 is 1.19 bits per heavy atom. The van der Waals surface area contributed by atoms with Crippen LogP contribution in [-0.4, -0.2) is 87.4 Å². The average molecular weight is 476 g/mol. The van der Waals surface area contributed by atoms with E-state index in [-0.39, 0.29) is 54.2 Å². The van der Waals surface area contributed by atoms with Gasteiger partial charge in [-0.15, -0.1) is 0 Å². The van der Waals surface area contributed by atoms with Gasteiger partial charge in [-0.2, -0.15) is 0 Å². The zero-order valence-corrected chi connectivity index (χ0v) is 17.9. The predicted octanol–water partition coefficient (Wildman–Crippen LogP) is 1.16. The fourth-order valence-electron chi connectivity index (χ4n) is 2.87. The van der Waals surface area contributed by atoms with Crippen LogP contribution in [-0.2, 0) is 30.9 Å². The molecule has 0 aliphatic carbocycles. The molecule has 4 N–H and O–H groups in total. The van der Waals surface area contributed by atoms with Gasteiger partial charge in [0.15, 0.2) is 9.84 Å². The topological polar surface area (TPSA) is 151 Å². The summed E-state index contributed by atoms with van der Waals surface area (Å²) in [5, 5.41) is 23.1. The molecule has 2 aromatic carbocycles. The van der Waals surface area contributed by atoms with Crippen molar-refractivity contribution in [1.82, 2.24) is 0 Å². The first-order valence-electron chi connectivity index (χ1n) is 9.09. The first kappa shape index (κ1) is 27.6. The van der Waals surface area contributed by atoms with Crippen LogP contribution in [0.1, 0.15) is 11.1 Å². The number of methoxy groups -OCH3 is 2. The number of hydrogen-bond acceptors (Lipinski definition) is 8. The Hall–Kier alpha value is -2.47. The summed E-state index contributed by atoms with van der Waals surface area (Å²) in [5.74, 6) is -1.89. The SMILES string of the molecule is COc1ccc(CS(=O)(=O)Cc2ccc(OC)c(NCC(=O)O)c2)cc1NCC(=O)O.[NaH]. The number of hydrogen-bond donors (Lipinski definition) is 4. The Bertz CT molecular complexity index is 982. The van der Waals surface area contributed by atoms with Crippen LogP contribution in [0.3, 0.4) is 0 Å². The second-order valence-electron chi connectivity index (χ2n) is 6.60. The maximum absolute atomic E-state index is 12.7. The van der Waals surface area contributed by atoms with Crippen LogP contribution >= 0.6 is 0 Å². The molecule has 0 heterocycles. The normalized spacial score (nSPS) is 10.6. The molecular weight excluding hydrogens is 451 g/mol. The van der Waals surface area contributed by atoms with Crippen molar-refractivity contribution in [2.24, 2.45) is 0 Å². The van der Waals surface area contributed by atoms with E-state index in [1.807, 2.05) is 0 Å². The Kier molecular flexibility index (Phi) is 10.8. The minimum absolute atomic E-state index is 0. The van der Waals surface area contributed by atoms with Crippen LogP contribution in [0.4, 0.5) is 11.4 Å². The van der Waals surface area contributed by atoms with Crippen LogP contribution in [0.5, 0.6) is 11.5 Å². The Morgan fingerprint density at radius 3 is 1.50 bits per heavy atom. The van der Waals surface area contributed by atoms with Gasteiger partial charge in [-0.25, -0.2) is 8.42 Å². The molecule has 12 heteroatoms. The Morgan fingerprint density at radius 1 is 0.812 bits per heavy atom. The van der Waals surface area contributed by atoms with E-state index in [4.69, 9.17) is 19.7 Å². The molecule has 0 saturated carbocycles. The fraction of sp³-hybridized carbons (Fsp3) is 0.300. The molecule has 32 heavy (non-hydrogen) atoms. The van der Waals surface area contributed by atoms with E-state index in [9.17, 15) is 18.0 Å². The number of ether oxygens (including phenoxy) is 2. The zero-order chi connectivity index (χ0) is 23.0. The second kappa shape index (κ2) is 12.5. The molecule has 0 unspecified atom stereocenters. The first-order valence-corrected chi connectivity index (χ1v) is 10.9. The minimum atomic E-state index is -3.59. The van der Waals surface area contributed by atoms with E-state index >= 15 is 0 Å². The summed E-state index contributed by atoms with van der Waals surface area (Å²) in [6.45, 7) is -0.685. The number of benzene rings is 2. The van der Waals surface area contributed by atoms with E-state index in [1.165, 1.54) is 26.4 Å². The van der Waals surface area contributed by atoms with Crippen LogP contribution in [0.2, 0.25) is 0 Å². The molecule has 0 saturated heterocycles. The van der Waals surface area contributed by atoms with E-state index < -0.39 is 21.8 Å². The number of sulfone groups is 1. The first-order chi connectivity index (χ1) is 14.6. The van der Waals surface area contributed by atoms with Crippen molar-refractivity contribution in [2.75, 3.05) is 37.9 Å². The number of carboxylic acids is 2. The van der Waals surface area contributed by atoms with E-state index in [0.29, 0.717) is 34.0 Å². The Balaban J connectivity index is 0.00000512. The predicted molar refractivity (Wildman–Crippen MR) is 122 cm³/mol. The van der Waals surface area contributed by atoms with Gasteiger partial charge >= 0.3 is 41.5 Å². The number of rotatable bonds is 12. The molecule has 0 atom stereocenters. The van der Waals surface area contributed by atoms with Gasteiger partial charge < -0.3 is 30.3 Å². The standard InChI is InChI=1S/C20H24N2O8S.Na.H/c1-29-17-5-3-13(7-15(17)21-9-19(23)24)11-31(27,28)12-14-4-6-18(30-2)16(8-14)22-10-20(25)26;;/h3-8,21-22H,9-12H2,1-2H3,(H,23,24)(H,25,26);;. The van der Waals surface area contributed by atoms with Crippen molar-refractivity contribution in [3.05, 3.63) is 47.5 Å². The number of nitrogens with one attached hydrogen (secondary N) is 2. The van der Waals surface area contributed by atoms with Crippen LogP contribution in [0, 0.1) is 0 Å². The molecule has 0 bridgehead atoms. The van der Waals surface area contributed by atoms with Gasteiger partial charge in [0, 0.05) is 0 Å². The average Bonchev–Trinajstić information content (AvgIpc) is 2.70. The molecule has 0 aliphatic rings. The third-order valence-corrected chi connectivity index (χ3v) is 5.71. The number of anilines is 2. The quantitative estimate of drug-likeness (QED) is 0.329. The Labute approximate surface area is 208 Å². The zero-order valence-electron chi connectivity index (χ0n) is 17.0. The molecule has 0 fully saturated rings. The summed E-state index contributed by atoms with van der Waals surface area (Å²) in [7, 11) is -0.737. The van der Waals surface area contributed by atoms with Crippen molar-refractivity contribution < 1.29 is 37.7 Å². The second-order valence-corrected chi connectivity index (χ2v) is 8.66. The summed E-state index contributed by atoms with van der Waals surface area (Å²) in [5.41, 5.74) is 1.68. The van der Waals surface area contributed by atoms with Crippen LogP contribution in [0.25, 0.3) is 0 Å². The molecule has 0 amide bonds. The van der Waals surface area contributed by atoms with E-state index in [0.717, 1.165) is 0 Å². The van der Waals surface area contributed by atoms with Crippen molar-refractivity contribution in [2.45, 2.75) is 11.5 Å². The van der Waals surface area contributed by atoms with Gasteiger partial charge in [0.1, 0.15) is 24.6 Å². The molecule has 2 aromatic rings. The summed E-state index contributed by atoms with van der Waals surface area (Å²) in [6.07, 6.45) is 0. The van der Waals surface area contributed by atoms with Gasteiger partial charge in [-0.3, -0.25) is 9.59 Å². The molecular formula is C20H25N2NaO8S. The maximum atomic E-state index is 12.7. The van der Waals surface area contributed by atoms with Gasteiger partial charge in [-0.1, -0.05) is 12.1 Å². The van der Waals surface area contributed by atoms with Gasteiger partial charge in [0.25, 0.3) is 0 Å². The number of aliphatic carboxylic acids is 2. The third kappa shape index (κ3) is 8.58. The van der Waals surface area contributed by atoms with Crippen molar-refractivity contribution in [3.63, 3.8) is 0 Å². The van der Waals surface area contributed by atoms with Gasteiger partial charge in [-0.05, 0) is 35.4 Å². The van der Waals surface area contributed by atoms with Crippen molar-refractivity contribution >= 4 is 62.7 Å². The molecule has 2 rings (SSSR count). The van der Waals surface area contributed by atoms with Gasteiger partial charge in [0.2, 0.25) is 0 Å². The van der Waals surface area contributed by atoms with Crippen LogP contribution < -0.4 is 20.1 Å². The fourth-order valence-corrected chi connectivity index (χ4v) is 4.34. The number of carbonyl (C=O) groups is 2. The van der Waals surface area contributed by atoms with E-state index in [1.54, 1.807) is 24.3 Å². The third-order valence-electron chi connectivity index (χ3n) is 4.16. The summed E-state index contributed by atoms with van der Waals surface area (Å²) < 4.78 is 35.8. The molecule has 0 spiro atoms. The van der Waals surface area contributed by atoms with Crippen molar-refractivity contribution in [1.29, 1.82) is 0 Å². The summed E-state index contributed by atoms with van der Waals surface area (Å²) in [4.78, 5) is 21.6. The van der Waals surface area contributed by atoms with Crippen LogP contribution in [0.15, 0.2) is 36.4 Å². The monoisotopic (exact) mass is 476 g/mol.